The topological polar surface area (TPSA) is 67.6 Å². The first kappa shape index (κ1) is 19.9. The SMILES string of the molecule is CN1OC(C(=O)O)C(c2ccccc2Cl)C1(Cn1ccnc1)c1ccc(Cl)cc1. The highest BCUT2D eigenvalue weighted by Crippen LogP contribution is 2.52. The number of imidazole rings is 1. The van der Waals surface area contributed by atoms with Gasteiger partial charge in [-0.1, -0.05) is 53.5 Å². The summed E-state index contributed by atoms with van der Waals surface area (Å²) in [4.78, 5) is 22.2. The highest BCUT2D eigenvalue weighted by Gasteiger charge is 2.58. The molecule has 1 fully saturated rings. The van der Waals surface area contributed by atoms with E-state index in [1.54, 1.807) is 42.8 Å². The minimum absolute atomic E-state index is 0.408. The number of benzene rings is 2. The van der Waals surface area contributed by atoms with Gasteiger partial charge in [-0.3, -0.25) is 4.84 Å². The number of carbonyl (C=O) groups is 1. The number of aromatic nitrogens is 2. The third-order valence-electron chi connectivity index (χ3n) is 5.46. The fraction of sp³-hybridized carbons (Fsp3) is 0.238. The van der Waals surface area contributed by atoms with Crippen LogP contribution in [0.5, 0.6) is 0 Å². The first-order chi connectivity index (χ1) is 13.9. The first-order valence-electron chi connectivity index (χ1n) is 9.03. The Morgan fingerprint density at radius 2 is 1.93 bits per heavy atom. The van der Waals surface area contributed by atoms with Gasteiger partial charge in [0.05, 0.1) is 17.8 Å². The largest absolute Gasteiger partial charge is 0.479 e. The molecular formula is C21H19Cl2N3O3. The van der Waals surface area contributed by atoms with E-state index >= 15 is 0 Å². The third kappa shape index (κ3) is 3.42. The van der Waals surface area contributed by atoms with E-state index in [4.69, 9.17) is 28.0 Å². The van der Waals surface area contributed by atoms with E-state index in [9.17, 15) is 9.90 Å². The van der Waals surface area contributed by atoms with Crippen molar-refractivity contribution in [1.29, 1.82) is 0 Å². The Hall–Kier alpha value is -2.38. The molecule has 150 valence electrons. The first-order valence-corrected chi connectivity index (χ1v) is 9.78. The Balaban J connectivity index is 1.98. The minimum Gasteiger partial charge on any atom is -0.479 e. The van der Waals surface area contributed by atoms with Crippen molar-refractivity contribution in [3.8, 4) is 0 Å². The normalized spacial score (nSPS) is 24.7. The smallest absolute Gasteiger partial charge is 0.335 e. The van der Waals surface area contributed by atoms with Crippen LogP contribution in [0.2, 0.25) is 10.0 Å². The van der Waals surface area contributed by atoms with Crippen molar-refractivity contribution in [1.82, 2.24) is 14.6 Å². The van der Waals surface area contributed by atoms with Crippen molar-refractivity contribution in [2.45, 2.75) is 24.1 Å². The molecule has 0 amide bonds. The maximum absolute atomic E-state index is 12.2. The summed E-state index contributed by atoms with van der Waals surface area (Å²) in [5, 5.41) is 12.7. The van der Waals surface area contributed by atoms with Gasteiger partial charge in [0.25, 0.3) is 0 Å². The molecule has 0 bridgehead atoms. The summed E-state index contributed by atoms with van der Waals surface area (Å²) in [6.45, 7) is 0.408. The Morgan fingerprint density at radius 3 is 2.55 bits per heavy atom. The minimum atomic E-state index is -1.11. The molecule has 3 unspecified atom stereocenters. The quantitative estimate of drug-likeness (QED) is 0.655. The van der Waals surface area contributed by atoms with Crippen LogP contribution in [-0.2, 0) is 21.7 Å². The van der Waals surface area contributed by atoms with Crippen molar-refractivity contribution >= 4 is 29.2 Å². The summed E-state index contributed by atoms with van der Waals surface area (Å²) in [6, 6.07) is 14.7. The highest BCUT2D eigenvalue weighted by molar-refractivity contribution is 6.31. The van der Waals surface area contributed by atoms with Gasteiger partial charge >= 0.3 is 5.97 Å². The van der Waals surface area contributed by atoms with Crippen LogP contribution in [-0.4, -0.2) is 38.8 Å². The summed E-state index contributed by atoms with van der Waals surface area (Å²) in [5.74, 6) is -1.63. The number of aliphatic carboxylic acids is 1. The number of nitrogens with zero attached hydrogens (tertiary/aromatic N) is 3. The van der Waals surface area contributed by atoms with Crippen LogP contribution in [0.25, 0.3) is 0 Å². The number of hydroxylamine groups is 2. The van der Waals surface area contributed by atoms with Gasteiger partial charge < -0.3 is 9.67 Å². The van der Waals surface area contributed by atoms with Crippen molar-refractivity contribution < 1.29 is 14.7 Å². The van der Waals surface area contributed by atoms with Gasteiger partial charge in [-0.05, 0) is 29.3 Å². The van der Waals surface area contributed by atoms with Crippen molar-refractivity contribution in [3.63, 3.8) is 0 Å². The molecule has 0 radical (unpaired) electrons. The average Bonchev–Trinajstić information content (AvgIpc) is 3.30. The molecule has 1 aliphatic rings. The number of hydrogen-bond donors (Lipinski definition) is 1. The zero-order valence-corrected chi connectivity index (χ0v) is 17.1. The zero-order valence-electron chi connectivity index (χ0n) is 15.6. The number of likely N-dealkylation sites (N-methyl/N-ethyl adjacent to an activating group) is 1. The zero-order chi connectivity index (χ0) is 20.6. The third-order valence-corrected chi connectivity index (χ3v) is 6.06. The summed E-state index contributed by atoms with van der Waals surface area (Å²) < 4.78 is 1.91. The molecule has 6 nitrogen and oxygen atoms in total. The maximum Gasteiger partial charge on any atom is 0.335 e. The predicted octanol–water partition coefficient (Wildman–Crippen LogP) is 4.20. The van der Waals surface area contributed by atoms with Gasteiger partial charge in [-0.25, -0.2) is 9.78 Å². The van der Waals surface area contributed by atoms with Gasteiger partial charge in [0.2, 0.25) is 0 Å². The molecule has 3 aromatic rings. The molecule has 0 saturated carbocycles. The molecule has 2 aromatic carbocycles. The maximum atomic E-state index is 12.2. The summed E-state index contributed by atoms with van der Waals surface area (Å²) in [6.07, 6.45) is 4.11. The van der Waals surface area contributed by atoms with Gasteiger partial charge in [0, 0.05) is 36.0 Å². The molecule has 29 heavy (non-hydrogen) atoms. The standard InChI is InChI=1S/C21H19Cl2N3O3/c1-25-21(12-26-11-10-24-13-26,14-6-8-15(22)9-7-14)18(19(29-25)20(27)28)16-4-2-3-5-17(16)23/h2-11,13,18-19H,12H2,1H3,(H,27,28). The summed E-state index contributed by atoms with van der Waals surface area (Å²) in [7, 11) is 1.75. The molecule has 8 heteroatoms. The van der Waals surface area contributed by atoms with Crippen LogP contribution < -0.4 is 0 Å². The molecule has 3 atom stereocenters. The fourth-order valence-electron chi connectivity index (χ4n) is 4.15. The van der Waals surface area contributed by atoms with Gasteiger partial charge in [-0.15, -0.1) is 0 Å². The molecule has 0 aliphatic carbocycles. The van der Waals surface area contributed by atoms with Crippen molar-refractivity contribution in [2.75, 3.05) is 7.05 Å². The van der Waals surface area contributed by atoms with E-state index in [0.29, 0.717) is 22.2 Å². The van der Waals surface area contributed by atoms with Crippen LogP contribution in [0.1, 0.15) is 17.0 Å². The van der Waals surface area contributed by atoms with E-state index in [-0.39, 0.29) is 0 Å². The second kappa shape index (κ2) is 7.80. The van der Waals surface area contributed by atoms with E-state index in [1.165, 1.54) is 0 Å². The Bertz CT molecular complexity index is 1010. The van der Waals surface area contributed by atoms with E-state index in [1.807, 2.05) is 41.1 Å². The van der Waals surface area contributed by atoms with Crippen molar-refractivity contribution in [2.24, 2.45) is 0 Å². The van der Waals surface area contributed by atoms with Gasteiger partial charge in [-0.2, -0.15) is 5.06 Å². The number of carboxylic acid groups (broad SMARTS) is 1. The van der Waals surface area contributed by atoms with E-state index in [2.05, 4.69) is 4.98 Å². The van der Waals surface area contributed by atoms with Gasteiger partial charge in [0.1, 0.15) is 0 Å². The molecule has 1 aliphatic heterocycles. The highest BCUT2D eigenvalue weighted by atomic mass is 35.5. The van der Waals surface area contributed by atoms with Gasteiger partial charge in [0.15, 0.2) is 6.10 Å². The predicted molar refractivity (Wildman–Crippen MR) is 110 cm³/mol. The Morgan fingerprint density at radius 1 is 1.21 bits per heavy atom. The second-order valence-electron chi connectivity index (χ2n) is 7.03. The van der Waals surface area contributed by atoms with E-state index in [0.717, 1.165) is 5.56 Å². The van der Waals surface area contributed by atoms with Crippen LogP contribution in [0, 0.1) is 0 Å². The number of hydrogen-bond acceptors (Lipinski definition) is 4. The molecule has 1 N–H and O–H groups in total. The van der Waals surface area contributed by atoms with E-state index < -0.39 is 23.5 Å². The number of carboxylic acids is 1. The lowest BCUT2D eigenvalue weighted by molar-refractivity contribution is -0.190. The number of halogens is 2. The monoisotopic (exact) mass is 431 g/mol. The molecule has 1 aromatic heterocycles. The summed E-state index contributed by atoms with van der Waals surface area (Å²) >= 11 is 12.7. The molecule has 0 spiro atoms. The lowest BCUT2D eigenvalue weighted by Crippen LogP contribution is -2.46. The molecule has 1 saturated heterocycles. The fourth-order valence-corrected chi connectivity index (χ4v) is 4.53. The average molecular weight is 432 g/mol. The van der Waals surface area contributed by atoms with Crippen LogP contribution in [0.3, 0.4) is 0 Å². The van der Waals surface area contributed by atoms with Crippen LogP contribution in [0.15, 0.2) is 67.3 Å². The van der Waals surface area contributed by atoms with Crippen LogP contribution in [0.4, 0.5) is 0 Å². The lowest BCUT2D eigenvalue weighted by atomic mass is 9.72. The summed E-state index contributed by atoms with van der Waals surface area (Å²) in [5.41, 5.74) is 0.715. The van der Waals surface area contributed by atoms with Crippen LogP contribution >= 0.6 is 23.2 Å². The molecule has 2 heterocycles. The molecule has 4 rings (SSSR count). The Labute approximate surface area is 178 Å². The lowest BCUT2D eigenvalue weighted by Gasteiger charge is -2.40. The van der Waals surface area contributed by atoms with Crippen molar-refractivity contribution in [3.05, 3.63) is 88.4 Å². The number of rotatable bonds is 5. The molecular weight excluding hydrogens is 413 g/mol. The second-order valence-corrected chi connectivity index (χ2v) is 7.87. The Kier molecular flexibility index (Phi) is 5.36.